The van der Waals surface area contributed by atoms with Gasteiger partial charge in [-0.05, 0) is 49.9 Å². The number of benzene rings is 1. The molecule has 0 saturated carbocycles. The molecule has 2 unspecified atom stereocenters. The van der Waals surface area contributed by atoms with Crippen molar-refractivity contribution >= 4 is 29.3 Å². The number of nitrogens with one attached hydrogen (secondary N) is 2. The van der Waals surface area contributed by atoms with Crippen LogP contribution in [0.5, 0.6) is 0 Å². The number of fused-ring (bicyclic) bond motifs is 2. The number of thioether (sulfide) groups is 1. The fraction of sp³-hybridized carbons (Fsp3) is 0.562. The fourth-order valence-electron chi connectivity index (χ4n) is 3.27. The van der Waals surface area contributed by atoms with Gasteiger partial charge in [-0.2, -0.15) is 0 Å². The average molecular weight is 325 g/mol. The molecule has 0 radical (unpaired) electrons. The molecule has 2 atom stereocenters. The van der Waals surface area contributed by atoms with Gasteiger partial charge in [-0.15, -0.1) is 11.8 Å². The molecule has 1 aromatic carbocycles. The number of piperidine rings is 1. The summed E-state index contributed by atoms with van der Waals surface area (Å²) >= 11 is 7.56. The number of carbonyl (C=O) groups is 1. The zero-order chi connectivity index (χ0) is 14.7. The third kappa shape index (κ3) is 4.38. The lowest BCUT2D eigenvalue weighted by molar-refractivity contribution is -0.121. The number of carbonyl (C=O) groups excluding carboxylic acids is 1. The molecule has 114 valence electrons. The Kier molecular flexibility index (Phi) is 5.09. The third-order valence-corrected chi connectivity index (χ3v) is 5.52. The van der Waals surface area contributed by atoms with Crippen LogP contribution >= 0.6 is 23.4 Å². The van der Waals surface area contributed by atoms with Gasteiger partial charge in [0.25, 0.3) is 0 Å². The first-order valence-electron chi connectivity index (χ1n) is 7.63. The van der Waals surface area contributed by atoms with E-state index in [2.05, 4.69) is 10.6 Å². The van der Waals surface area contributed by atoms with Crippen molar-refractivity contribution in [1.82, 2.24) is 10.6 Å². The third-order valence-electron chi connectivity index (χ3n) is 4.25. The number of rotatable bonds is 5. The first-order chi connectivity index (χ1) is 10.2. The maximum Gasteiger partial charge on any atom is 0.221 e. The predicted molar refractivity (Wildman–Crippen MR) is 87.9 cm³/mol. The van der Waals surface area contributed by atoms with E-state index in [1.807, 2.05) is 24.3 Å². The Morgan fingerprint density at radius 3 is 2.57 bits per heavy atom. The van der Waals surface area contributed by atoms with E-state index in [1.54, 1.807) is 11.8 Å². The number of amides is 1. The van der Waals surface area contributed by atoms with Gasteiger partial charge in [-0.25, -0.2) is 0 Å². The Morgan fingerprint density at radius 2 is 1.90 bits per heavy atom. The SMILES string of the molecule is O=C(CCSc1ccc(Cl)cc1)NC1CC2CCC(C1)N2. The minimum atomic E-state index is 0.183. The van der Waals surface area contributed by atoms with Gasteiger partial charge in [0.15, 0.2) is 0 Å². The molecule has 2 saturated heterocycles. The second-order valence-electron chi connectivity index (χ2n) is 5.93. The highest BCUT2D eigenvalue weighted by Gasteiger charge is 2.33. The summed E-state index contributed by atoms with van der Waals surface area (Å²) in [6.45, 7) is 0. The molecule has 0 aliphatic carbocycles. The van der Waals surface area contributed by atoms with Crippen molar-refractivity contribution in [2.75, 3.05) is 5.75 Å². The van der Waals surface area contributed by atoms with Crippen LogP contribution in [0, 0.1) is 0 Å². The molecule has 0 aromatic heterocycles. The van der Waals surface area contributed by atoms with Crippen molar-refractivity contribution in [3.63, 3.8) is 0 Å². The van der Waals surface area contributed by atoms with Crippen LogP contribution in [-0.4, -0.2) is 29.8 Å². The quantitative estimate of drug-likeness (QED) is 0.817. The van der Waals surface area contributed by atoms with Gasteiger partial charge in [0, 0.05) is 40.2 Å². The molecule has 3 nitrogen and oxygen atoms in total. The summed E-state index contributed by atoms with van der Waals surface area (Å²) < 4.78 is 0. The van der Waals surface area contributed by atoms with Crippen LogP contribution in [0.1, 0.15) is 32.1 Å². The number of halogens is 1. The Morgan fingerprint density at radius 1 is 1.24 bits per heavy atom. The van der Waals surface area contributed by atoms with Crippen molar-refractivity contribution in [2.45, 2.75) is 55.1 Å². The van der Waals surface area contributed by atoms with Gasteiger partial charge in [0.2, 0.25) is 5.91 Å². The highest BCUT2D eigenvalue weighted by molar-refractivity contribution is 7.99. The summed E-state index contributed by atoms with van der Waals surface area (Å²) in [5.41, 5.74) is 0. The Hall–Kier alpha value is -0.710. The summed E-state index contributed by atoms with van der Waals surface area (Å²) in [7, 11) is 0. The van der Waals surface area contributed by atoms with E-state index in [0.717, 1.165) is 28.5 Å². The first-order valence-corrected chi connectivity index (χ1v) is 8.99. The van der Waals surface area contributed by atoms with Crippen molar-refractivity contribution in [2.24, 2.45) is 0 Å². The maximum atomic E-state index is 12.0. The lowest BCUT2D eigenvalue weighted by atomic mass is 10.00. The zero-order valence-electron chi connectivity index (χ0n) is 12.0. The molecular formula is C16H21ClN2OS. The monoisotopic (exact) mass is 324 g/mol. The molecule has 2 aliphatic rings. The molecule has 2 fully saturated rings. The summed E-state index contributed by atoms with van der Waals surface area (Å²) in [4.78, 5) is 13.2. The summed E-state index contributed by atoms with van der Waals surface area (Å²) in [5, 5.41) is 7.55. The number of hydrogen-bond acceptors (Lipinski definition) is 3. The summed E-state index contributed by atoms with van der Waals surface area (Å²) in [6.07, 6.45) is 5.29. The molecule has 21 heavy (non-hydrogen) atoms. The zero-order valence-corrected chi connectivity index (χ0v) is 13.6. The molecule has 1 aromatic rings. The smallest absolute Gasteiger partial charge is 0.221 e. The molecule has 2 heterocycles. The van der Waals surface area contributed by atoms with Crippen LogP contribution < -0.4 is 10.6 Å². The molecule has 1 amide bonds. The van der Waals surface area contributed by atoms with E-state index in [1.165, 1.54) is 12.8 Å². The van der Waals surface area contributed by atoms with Gasteiger partial charge in [-0.3, -0.25) is 4.79 Å². The molecular weight excluding hydrogens is 304 g/mol. The average Bonchev–Trinajstić information content (AvgIpc) is 2.80. The van der Waals surface area contributed by atoms with Gasteiger partial charge in [0.05, 0.1) is 0 Å². The highest BCUT2D eigenvalue weighted by Crippen LogP contribution is 2.27. The first kappa shape index (κ1) is 15.2. The largest absolute Gasteiger partial charge is 0.353 e. The standard InChI is InChI=1S/C16H21ClN2OS/c17-11-1-5-15(6-2-11)21-8-7-16(20)19-14-9-12-3-4-13(10-14)18-12/h1-2,5-6,12-14,18H,3-4,7-10H2,(H,19,20). The number of hydrogen-bond donors (Lipinski definition) is 2. The molecule has 2 N–H and O–H groups in total. The Bertz CT molecular complexity index is 482. The second-order valence-corrected chi connectivity index (χ2v) is 7.53. The minimum Gasteiger partial charge on any atom is -0.353 e. The topological polar surface area (TPSA) is 41.1 Å². The predicted octanol–water partition coefficient (Wildman–Crippen LogP) is 3.22. The lowest BCUT2D eigenvalue weighted by Crippen LogP contribution is -2.48. The van der Waals surface area contributed by atoms with Crippen molar-refractivity contribution in [3.05, 3.63) is 29.3 Å². The van der Waals surface area contributed by atoms with E-state index in [0.29, 0.717) is 24.5 Å². The van der Waals surface area contributed by atoms with Crippen LogP contribution in [0.4, 0.5) is 0 Å². The van der Waals surface area contributed by atoms with Gasteiger partial charge < -0.3 is 10.6 Å². The van der Waals surface area contributed by atoms with Crippen molar-refractivity contribution in [3.8, 4) is 0 Å². The van der Waals surface area contributed by atoms with Crippen LogP contribution in [0.25, 0.3) is 0 Å². The maximum absolute atomic E-state index is 12.0. The molecule has 2 aliphatic heterocycles. The van der Waals surface area contributed by atoms with Gasteiger partial charge in [-0.1, -0.05) is 11.6 Å². The van der Waals surface area contributed by atoms with E-state index < -0.39 is 0 Å². The molecule has 2 bridgehead atoms. The lowest BCUT2D eigenvalue weighted by Gasteiger charge is -2.29. The van der Waals surface area contributed by atoms with E-state index in [-0.39, 0.29) is 5.91 Å². The Balaban J connectivity index is 1.37. The van der Waals surface area contributed by atoms with Gasteiger partial charge in [0.1, 0.15) is 0 Å². The van der Waals surface area contributed by atoms with E-state index in [9.17, 15) is 4.79 Å². The minimum absolute atomic E-state index is 0.183. The van der Waals surface area contributed by atoms with E-state index in [4.69, 9.17) is 11.6 Å². The highest BCUT2D eigenvalue weighted by atomic mass is 35.5. The van der Waals surface area contributed by atoms with Gasteiger partial charge >= 0.3 is 0 Å². The van der Waals surface area contributed by atoms with Crippen LogP contribution in [0.2, 0.25) is 5.02 Å². The molecule has 3 rings (SSSR count). The molecule has 0 spiro atoms. The summed E-state index contributed by atoms with van der Waals surface area (Å²) in [6, 6.07) is 9.38. The second kappa shape index (κ2) is 7.03. The van der Waals surface area contributed by atoms with Crippen LogP contribution in [0.3, 0.4) is 0 Å². The fourth-order valence-corrected chi connectivity index (χ4v) is 4.25. The normalized spacial score (nSPS) is 27.6. The molecule has 5 heteroatoms. The van der Waals surface area contributed by atoms with Crippen molar-refractivity contribution < 1.29 is 4.79 Å². The van der Waals surface area contributed by atoms with E-state index >= 15 is 0 Å². The Labute approximate surface area is 135 Å². The van der Waals surface area contributed by atoms with Crippen LogP contribution in [-0.2, 0) is 4.79 Å². The van der Waals surface area contributed by atoms with Crippen molar-refractivity contribution in [1.29, 1.82) is 0 Å². The summed E-state index contributed by atoms with van der Waals surface area (Å²) in [5.74, 6) is 0.994. The van der Waals surface area contributed by atoms with Crippen LogP contribution in [0.15, 0.2) is 29.2 Å².